The van der Waals surface area contributed by atoms with Crippen LogP contribution in [0, 0.1) is 0 Å². The highest BCUT2D eigenvalue weighted by molar-refractivity contribution is 6.13. The summed E-state index contributed by atoms with van der Waals surface area (Å²) in [7, 11) is 1.78. The Labute approximate surface area is 93.1 Å². The van der Waals surface area contributed by atoms with Gasteiger partial charge in [-0.25, -0.2) is 4.42 Å². The first-order valence-corrected chi connectivity index (χ1v) is 5.29. The van der Waals surface area contributed by atoms with Gasteiger partial charge in [-0.2, -0.15) is 4.98 Å². The fraction of sp³-hybridized carbons (Fsp3) is 0.778. The first-order valence-electron chi connectivity index (χ1n) is 4.95. The van der Waals surface area contributed by atoms with Gasteiger partial charge in [-0.3, -0.25) is 0 Å². The van der Waals surface area contributed by atoms with Gasteiger partial charge >= 0.3 is 0 Å². The minimum absolute atomic E-state index is 0.272. The van der Waals surface area contributed by atoms with E-state index in [0.29, 0.717) is 18.1 Å². The summed E-state index contributed by atoms with van der Waals surface area (Å²) in [6.45, 7) is 1.69. The molecule has 1 aromatic rings. The Morgan fingerprint density at radius 2 is 2.33 bits per heavy atom. The van der Waals surface area contributed by atoms with Crippen LogP contribution in [0.1, 0.15) is 31.5 Å². The summed E-state index contributed by atoms with van der Waals surface area (Å²) < 4.78 is 6.75. The van der Waals surface area contributed by atoms with Crippen molar-refractivity contribution in [3.63, 3.8) is 0 Å². The SMILES string of the molecule is CC(O)Cc1noc(C2(N(C)Cl)CC2)n1. The van der Waals surface area contributed by atoms with Crippen LogP contribution in [0.25, 0.3) is 0 Å². The molecule has 1 aliphatic carbocycles. The molecule has 6 heteroatoms. The highest BCUT2D eigenvalue weighted by Crippen LogP contribution is 2.50. The maximum Gasteiger partial charge on any atom is 0.248 e. The van der Waals surface area contributed by atoms with E-state index in [4.69, 9.17) is 16.3 Å². The summed E-state index contributed by atoms with van der Waals surface area (Å²) in [6, 6.07) is 0. The summed E-state index contributed by atoms with van der Waals surface area (Å²) in [6.07, 6.45) is 1.82. The predicted octanol–water partition coefficient (Wildman–Crippen LogP) is 1.07. The third kappa shape index (κ3) is 2.00. The van der Waals surface area contributed by atoms with Crippen molar-refractivity contribution in [2.45, 2.75) is 37.8 Å². The zero-order valence-corrected chi connectivity index (χ0v) is 9.53. The van der Waals surface area contributed by atoms with Crippen LogP contribution in [0.15, 0.2) is 4.52 Å². The molecule has 15 heavy (non-hydrogen) atoms. The second-order valence-electron chi connectivity index (χ2n) is 4.08. The van der Waals surface area contributed by atoms with Gasteiger partial charge in [0, 0.05) is 13.5 Å². The van der Waals surface area contributed by atoms with E-state index < -0.39 is 6.10 Å². The molecule has 0 saturated heterocycles. The second-order valence-corrected chi connectivity index (χ2v) is 4.58. The van der Waals surface area contributed by atoms with Gasteiger partial charge in [0.25, 0.3) is 0 Å². The number of aliphatic hydroxyl groups is 1. The van der Waals surface area contributed by atoms with Crippen LogP contribution >= 0.6 is 11.8 Å². The van der Waals surface area contributed by atoms with Gasteiger partial charge in [0.1, 0.15) is 5.54 Å². The number of aliphatic hydroxyl groups excluding tert-OH is 1. The van der Waals surface area contributed by atoms with Crippen LogP contribution in [-0.4, -0.2) is 32.8 Å². The minimum Gasteiger partial charge on any atom is -0.393 e. The summed E-state index contributed by atoms with van der Waals surface area (Å²) in [4.78, 5) is 4.24. The first kappa shape index (κ1) is 10.9. The molecule has 1 fully saturated rings. The van der Waals surface area contributed by atoms with Crippen molar-refractivity contribution in [2.24, 2.45) is 0 Å². The fourth-order valence-electron chi connectivity index (χ4n) is 1.56. The van der Waals surface area contributed by atoms with Gasteiger partial charge in [0.2, 0.25) is 5.89 Å². The van der Waals surface area contributed by atoms with Crippen molar-refractivity contribution in [2.75, 3.05) is 7.05 Å². The van der Waals surface area contributed by atoms with E-state index in [0.717, 1.165) is 12.8 Å². The van der Waals surface area contributed by atoms with Crippen molar-refractivity contribution in [3.05, 3.63) is 11.7 Å². The Morgan fingerprint density at radius 3 is 2.80 bits per heavy atom. The standard InChI is InChI=1S/C9H14ClN3O2/c1-6(14)5-7-11-8(15-12-7)9(3-4-9)13(2)10/h6,14H,3-5H2,1-2H3. The van der Waals surface area contributed by atoms with E-state index in [1.807, 2.05) is 0 Å². The maximum atomic E-state index is 9.18. The summed E-state index contributed by atoms with van der Waals surface area (Å²) in [5, 5.41) is 13.0. The molecule has 1 saturated carbocycles. The van der Waals surface area contributed by atoms with Crippen LogP contribution in [0.5, 0.6) is 0 Å². The normalized spacial score (nSPS) is 20.6. The molecule has 1 unspecified atom stereocenters. The molecule has 0 bridgehead atoms. The highest BCUT2D eigenvalue weighted by Gasteiger charge is 2.52. The lowest BCUT2D eigenvalue weighted by atomic mass is 10.2. The average molecular weight is 232 g/mol. The molecule has 1 N–H and O–H groups in total. The van der Waals surface area contributed by atoms with Crippen molar-refractivity contribution in [1.29, 1.82) is 0 Å². The van der Waals surface area contributed by atoms with Crippen LogP contribution in [0.2, 0.25) is 0 Å². The van der Waals surface area contributed by atoms with Gasteiger partial charge in [0.05, 0.1) is 6.10 Å². The van der Waals surface area contributed by atoms with Crippen molar-refractivity contribution in [1.82, 2.24) is 14.6 Å². The molecule has 1 aromatic heterocycles. The van der Waals surface area contributed by atoms with Gasteiger partial charge in [-0.1, -0.05) is 5.16 Å². The number of hydrogen-bond acceptors (Lipinski definition) is 5. The Hall–Kier alpha value is -0.650. The number of halogens is 1. The Bertz CT molecular complexity index is 347. The molecule has 2 rings (SSSR count). The van der Waals surface area contributed by atoms with Crippen LogP contribution in [-0.2, 0) is 12.0 Å². The lowest BCUT2D eigenvalue weighted by molar-refractivity contribution is 0.191. The molecule has 0 radical (unpaired) electrons. The van der Waals surface area contributed by atoms with Crippen molar-refractivity contribution >= 4 is 11.8 Å². The molecule has 0 aliphatic heterocycles. The third-order valence-electron chi connectivity index (χ3n) is 2.66. The van der Waals surface area contributed by atoms with E-state index in [1.165, 1.54) is 0 Å². The summed E-state index contributed by atoms with van der Waals surface area (Å²) in [5.41, 5.74) is -0.272. The lowest BCUT2D eigenvalue weighted by Gasteiger charge is -2.15. The summed E-state index contributed by atoms with van der Waals surface area (Å²) in [5.74, 6) is 1.08. The quantitative estimate of drug-likeness (QED) is 0.786. The number of nitrogens with zero attached hydrogens (tertiary/aromatic N) is 3. The van der Waals surface area contributed by atoms with E-state index in [-0.39, 0.29) is 5.54 Å². The number of aromatic nitrogens is 2. The van der Waals surface area contributed by atoms with E-state index in [1.54, 1.807) is 18.4 Å². The maximum absolute atomic E-state index is 9.18. The van der Waals surface area contributed by atoms with Crippen LogP contribution < -0.4 is 0 Å². The Kier molecular flexibility index (Phi) is 2.70. The molecule has 0 spiro atoms. The molecule has 84 valence electrons. The molecule has 1 aliphatic rings. The Morgan fingerprint density at radius 1 is 1.67 bits per heavy atom. The third-order valence-corrected chi connectivity index (χ3v) is 2.98. The van der Waals surface area contributed by atoms with Gasteiger partial charge in [0.15, 0.2) is 5.82 Å². The van der Waals surface area contributed by atoms with E-state index in [9.17, 15) is 5.11 Å². The fourth-order valence-corrected chi connectivity index (χ4v) is 1.80. The van der Waals surface area contributed by atoms with Gasteiger partial charge < -0.3 is 9.63 Å². The highest BCUT2D eigenvalue weighted by atomic mass is 35.5. The van der Waals surface area contributed by atoms with E-state index in [2.05, 4.69) is 10.1 Å². The van der Waals surface area contributed by atoms with Gasteiger partial charge in [-0.15, -0.1) is 0 Å². The predicted molar refractivity (Wildman–Crippen MR) is 54.2 cm³/mol. The Balaban J connectivity index is 2.14. The number of hydrogen-bond donors (Lipinski definition) is 1. The molecule has 1 atom stereocenters. The van der Waals surface area contributed by atoms with Crippen molar-refractivity contribution in [3.8, 4) is 0 Å². The smallest absolute Gasteiger partial charge is 0.248 e. The van der Waals surface area contributed by atoms with Crippen LogP contribution in [0.4, 0.5) is 0 Å². The molecule has 0 amide bonds. The average Bonchev–Trinajstić information content (AvgIpc) is 2.83. The molecule has 0 aromatic carbocycles. The monoisotopic (exact) mass is 231 g/mol. The van der Waals surface area contributed by atoms with Crippen molar-refractivity contribution < 1.29 is 9.63 Å². The first-order chi connectivity index (χ1) is 7.04. The zero-order valence-electron chi connectivity index (χ0n) is 8.77. The zero-order chi connectivity index (χ0) is 11.1. The topological polar surface area (TPSA) is 62.4 Å². The molecular formula is C9H14ClN3O2. The molecule has 1 heterocycles. The largest absolute Gasteiger partial charge is 0.393 e. The van der Waals surface area contributed by atoms with Gasteiger partial charge in [-0.05, 0) is 31.5 Å². The van der Waals surface area contributed by atoms with Crippen LogP contribution in [0.3, 0.4) is 0 Å². The lowest BCUT2D eigenvalue weighted by Crippen LogP contribution is -2.23. The van der Waals surface area contributed by atoms with E-state index >= 15 is 0 Å². The molecule has 5 nitrogen and oxygen atoms in total. The summed E-state index contributed by atoms with van der Waals surface area (Å²) >= 11 is 5.94. The minimum atomic E-state index is -0.459. The molecular weight excluding hydrogens is 218 g/mol. The second kappa shape index (κ2) is 3.73. The number of rotatable bonds is 4.